The van der Waals surface area contributed by atoms with Gasteiger partial charge >= 0.3 is 6.01 Å². The molecule has 2 rings (SSSR count). The third-order valence-electron chi connectivity index (χ3n) is 2.66. The van der Waals surface area contributed by atoms with Gasteiger partial charge in [0.05, 0.1) is 5.69 Å². The van der Waals surface area contributed by atoms with Crippen molar-refractivity contribution < 1.29 is 4.74 Å². The number of aromatic nitrogens is 3. The van der Waals surface area contributed by atoms with Crippen molar-refractivity contribution in [3.63, 3.8) is 0 Å². The fourth-order valence-electron chi connectivity index (χ4n) is 1.53. The lowest BCUT2D eigenvalue weighted by atomic mass is 10.1. The highest BCUT2D eigenvalue weighted by molar-refractivity contribution is 5.28. The van der Waals surface area contributed by atoms with Crippen LogP contribution in [0.1, 0.15) is 32.0 Å². The van der Waals surface area contributed by atoms with E-state index in [1.54, 1.807) is 18.6 Å². The van der Waals surface area contributed by atoms with E-state index in [2.05, 4.69) is 41.0 Å². The van der Waals surface area contributed by atoms with Crippen LogP contribution in [0.5, 0.6) is 11.8 Å². The third-order valence-corrected chi connectivity index (χ3v) is 2.66. The molecule has 5 heteroatoms. The first-order valence-electron chi connectivity index (χ1n) is 6.59. The van der Waals surface area contributed by atoms with E-state index in [-0.39, 0.29) is 5.54 Å². The fraction of sp³-hybridized carbons (Fsp3) is 0.400. The molecular formula is C15H20N4O. The van der Waals surface area contributed by atoms with Crippen LogP contribution in [-0.2, 0) is 6.54 Å². The summed E-state index contributed by atoms with van der Waals surface area (Å²) in [5.74, 6) is 0.674. The predicted molar refractivity (Wildman–Crippen MR) is 77.7 cm³/mol. The quantitative estimate of drug-likeness (QED) is 0.927. The highest BCUT2D eigenvalue weighted by Gasteiger charge is 2.09. The van der Waals surface area contributed by atoms with Crippen LogP contribution in [0.2, 0.25) is 0 Å². The smallest absolute Gasteiger partial charge is 0.321 e. The lowest BCUT2D eigenvalue weighted by Crippen LogP contribution is -2.35. The minimum atomic E-state index is 0.0714. The lowest BCUT2D eigenvalue weighted by molar-refractivity contribution is 0.419. The van der Waals surface area contributed by atoms with E-state index in [4.69, 9.17) is 4.74 Å². The van der Waals surface area contributed by atoms with Crippen molar-refractivity contribution in [1.82, 2.24) is 20.3 Å². The second-order valence-corrected chi connectivity index (χ2v) is 5.67. The minimum Gasteiger partial charge on any atom is -0.422 e. The molecule has 5 nitrogen and oxygen atoms in total. The van der Waals surface area contributed by atoms with Gasteiger partial charge in [0.1, 0.15) is 0 Å². The van der Waals surface area contributed by atoms with Gasteiger partial charge in [0, 0.05) is 36.2 Å². The molecule has 2 heterocycles. The lowest BCUT2D eigenvalue weighted by Gasteiger charge is -2.20. The summed E-state index contributed by atoms with van der Waals surface area (Å²) in [5.41, 5.74) is 1.91. The van der Waals surface area contributed by atoms with Crippen molar-refractivity contribution in [2.45, 2.75) is 39.8 Å². The molecule has 2 aromatic rings. The summed E-state index contributed by atoms with van der Waals surface area (Å²) in [5, 5.41) is 3.39. The molecule has 0 radical (unpaired) electrons. The highest BCUT2D eigenvalue weighted by Crippen LogP contribution is 2.19. The minimum absolute atomic E-state index is 0.0714. The molecule has 0 aliphatic rings. The number of hydrogen-bond donors (Lipinski definition) is 1. The zero-order valence-corrected chi connectivity index (χ0v) is 12.3. The van der Waals surface area contributed by atoms with Gasteiger partial charge in [-0.2, -0.15) is 0 Å². The average molecular weight is 272 g/mol. The first-order chi connectivity index (χ1) is 9.44. The standard InChI is InChI=1S/C15H20N4O/c1-11-13(6-5-7-16-11)20-14-17-8-12(9-18-14)10-19-15(2,3)4/h5-9,19H,10H2,1-4H3. The molecule has 20 heavy (non-hydrogen) atoms. The number of rotatable bonds is 4. The largest absolute Gasteiger partial charge is 0.422 e. The van der Waals surface area contributed by atoms with Crippen LogP contribution in [-0.4, -0.2) is 20.5 Å². The Bertz CT molecular complexity index is 561. The van der Waals surface area contributed by atoms with Crippen molar-refractivity contribution in [2.75, 3.05) is 0 Å². The normalized spacial score (nSPS) is 11.4. The molecule has 0 atom stereocenters. The second kappa shape index (κ2) is 5.96. The Morgan fingerprint density at radius 3 is 2.45 bits per heavy atom. The molecule has 0 spiro atoms. The van der Waals surface area contributed by atoms with Gasteiger partial charge in [-0.3, -0.25) is 4.98 Å². The molecule has 0 amide bonds. The molecule has 0 aromatic carbocycles. The van der Waals surface area contributed by atoms with E-state index in [1.807, 2.05) is 19.1 Å². The molecule has 0 saturated heterocycles. The summed E-state index contributed by atoms with van der Waals surface area (Å²) in [4.78, 5) is 12.6. The van der Waals surface area contributed by atoms with Gasteiger partial charge in [-0.1, -0.05) is 0 Å². The van der Waals surface area contributed by atoms with E-state index >= 15 is 0 Å². The summed E-state index contributed by atoms with van der Waals surface area (Å²) >= 11 is 0. The van der Waals surface area contributed by atoms with E-state index in [0.717, 1.165) is 17.8 Å². The SMILES string of the molecule is Cc1ncccc1Oc1ncc(CNC(C)(C)C)cn1. The first-order valence-corrected chi connectivity index (χ1v) is 6.59. The zero-order valence-electron chi connectivity index (χ0n) is 12.3. The molecule has 1 N–H and O–H groups in total. The summed E-state index contributed by atoms with van der Waals surface area (Å²) in [6.45, 7) is 8.98. The van der Waals surface area contributed by atoms with Crippen LogP contribution < -0.4 is 10.1 Å². The summed E-state index contributed by atoms with van der Waals surface area (Å²) < 4.78 is 5.60. The van der Waals surface area contributed by atoms with Gasteiger partial charge in [-0.05, 0) is 39.8 Å². The third kappa shape index (κ3) is 4.28. The fourth-order valence-corrected chi connectivity index (χ4v) is 1.53. The monoisotopic (exact) mass is 272 g/mol. The molecule has 106 valence electrons. The maximum Gasteiger partial charge on any atom is 0.321 e. The van der Waals surface area contributed by atoms with Gasteiger partial charge in [0.15, 0.2) is 5.75 Å². The van der Waals surface area contributed by atoms with Gasteiger partial charge in [0.25, 0.3) is 0 Å². The van der Waals surface area contributed by atoms with Gasteiger partial charge < -0.3 is 10.1 Å². The van der Waals surface area contributed by atoms with E-state index in [1.165, 1.54) is 0 Å². The molecule has 0 saturated carbocycles. The molecule has 0 fully saturated rings. The van der Waals surface area contributed by atoms with Gasteiger partial charge in [-0.25, -0.2) is 9.97 Å². The zero-order chi connectivity index (χ0) is 14.6. The maximum atomic E-state index is 5.60. The van der Waals surface area contributed by atoms with Crippen LogP contribution in [0.3, 0.4) is 0 Å². The van der Waals surface area contributed by atoms with E-state index < -0.39 is 0 Å². The maximum absolute atomic E-state index is 5.60. The Morgan fingerprint density at radius 1 is 1.15 bits per heavy atom. The van der Waals surface area contributed by atoms with Crippen molar-refractivity contribution in [1.29, 1.82) is 0 Å². The molecule has 0 bridgehead atoms. The average Bonchev–Trinajstić information content (AvgIpc) is 2.40. The van der Waals surface area contributed by atoms with Gasteiger partial charge in [-0.15, -0.1) is 0 Å². The Kier molecular flexibility index (Phi) is 4.29. The topological polar surface area (TPSA) is 59.9 Å². The summed E-state index contributed by atoms with van der Waals surface area (Å²) in [6.07, 6.45) is 5.27. The molecule has 0 aliphatic carbocycles. The Hall–Kier alpha value is -2.01. The number of aryl methyl sites for hydroxylation is 1. The molecule has 0 unspecified atom stereocenters. The second-order valence-electron chi connectivity index (χ2n) is 5.67. The molecule has 0 aliphatic heterocycles. The van der Waals surface area contributed by atoms with Gasteiger partial charge in [0.2, 0.25) is 0 Å². The predicted octanol–water partition coefficient (Wildman–Crippen LogP) is 2.86. The van der Waals surface area contributed by atoms with Crippen LogP contribution in [0, 0.1) is 6.92 Å². The van der Waals surface area contributed by atoms with Crippen molar-refractivity contribution in [3.05, 3.63) is 42.0 Å². The van der Waals surface area contributed by atoms with Crippen molar-refractivity contribution in [2.24, 2.45) is 0 Å². The van der Waals surface area contributed by atoms with Crippen LogP contribution in [0.25, 0.3) is 0 Å². The Morgan fingerprint density at radius 2 is 1.85 bits per heavy atom. The Balaban J connectivity index is 2.00. The van der Waals surface area contributed by atoms with Crippen LogP contribution >= 0.6 is 0 Å². The van der Waals surface area contributed by atoms with E-state index in [9.17, 15) is 0 Å². The summed E-state index contributed by atoms with van der Waals surface area (Å²) in [6, 6.07) is 4.01. The van der Waals surface area contributed by atoms with Crippen molar-refractivity contribution >= 4 is 0 Å². The Labute approximate surface area is 119 Å². The molecule has 2 aromatic heterocycles. The van der Waals surface area contributed by atoms with Crippen LogP contribution in [0.15, 0.2) is 30.7 Å². The molecular weight excluding hydrogens is 252 g/mol. The number of ether oxygens (including phenoxy) is 1. The summed E-state index contributed by atoms with van der Waals surface area (Å²) in [7, 11) is 0. The number of pyridine rings is 1. The first kappa shape index (κ1) is 14.4. The van der Waals surface area contributed by atoms with E-state index in [0.29, 0.717) is 11.8 Å². The highest BCUT2D eigenvalue weighted by atomic mass is 16.5. The number of hydrogen-bond acceptors (Lipinski definition) is 5. The number of nitrogens with one attached hydrogen (secondary N) is 1. The van der Waals surface area contributed by atoms with Crippen LogP contribution in [0.4, 0.5) is 0 Å². The number of nitrogens with zero attached hydrogens (tertiary/aromatic N) is 3. The van der Waals surface area contributed by atoms with Crippen molar-refractivity contribution in [3.8, 4) is 11.8 Å².